The molecule has 7 nitrogen and oxygen atoms in total. The number of rotatable bonds is 11. The van der Waals surface area contributed by atoms with Crippen molar-refractivity contribution >= 4 is 27.3 Å². The van der Waals surface area contributed by atoms with Crippen molar-refractivity contribution in [2.75, 3.05) is 20.8 Å². The average molecular weight is 475 g/mol. The second-order valence-electron chi connectivity index (χ2n) is 7.03. The smallest absolute Gasteiger partial charge is 0.250 e. The average Bonchev–Trinajstić information content (AvgIpc) is 3.35. The van der Waals surface area contributed by atoms with Gasteiger partial charge in [0.2, 0.25) is 5.91 Å². The van der Waals surface area contributed by atoms with Crippen molar-refractivity contribution in [2.24, 2.45) is 0 Å². The SMILES string of the molecule is COc1ccc(CCNC(=O)C(Cc2ccccc2)NS(=O)(=O)c2cccs2)cc1OC. The predicted molar refractivity (Wildman–Crippen MR) is 125 cm³/mol. The van der Waals surface area contributed by atoms with E-state index < -0.39 is 16.1 Å². The zero-order valence-corrected chi connectivity index (χ0v) is 19.5. The van der Waals surface area contributed by atoms with E-state index in [0.29, 0.717) is 24.5 Å². The summed E-state index contributed by atoms with van der Waals surface area (Å²) >= 11 is 1.11. The largest absolute Gasteiger partial charge is 0.493 e. The van der Waals surface area contributed by atoms with Crippen molar-refractivity contribution in [3.8, 4) is 11.5 Å². The van der Waals surface area contributed by atoms with Gasteiger partial charge in [0.15, 0.2) is 11.5 Å². The summed E-state index contributed by atoms with van der Waals surface area (Å²) in [5, 5.41) is 4.54. The fraction of sp³-hybridized carbons (Fsp3) is 0.261. The minimum Gasteiger partial charge on any atom is -0.493 e. The lowest BCUT2D eigenvalue weighted by atomic mass is 10.1. The standard InChI is InChI=1S/C23H26N2O5S2/c1-29-20-11-10-18(16-21(20)30-2)12-13-24-23(26)19(15-17-7-4-3-5-8-17)25-32(27,28)22-9-6-14-31-22/h3-11,14,16,19,25H,12-13,15H2,1-2H3,(H,24,26). The molecule has 32 heavy (non-hydrogen) atoms. The fourth-order valence-corrected chi connectivity index (χ4v) is 5.39. The van der Waals surface area contributed by atoms with Crippen LogP contribution in [-0.4, -0.2) is 41.1 Å². The summed E-state index contributed by atoms with van der Waals surface area (Å²) in [6.45, 7) is 0.348. The van der Waals surface area contributed by atoms with Crippen LogP contribution in [0.3, 0.4) is 0 Å². The first kappa shape index (κ1) is 23.8. The number of methoxy groups -OCH3 is 2. The molecule has 3 rings (SSSR count). The first-order valence-corrected chi connectivity index (χ1v) is 12.4. The molecule has 9 heteroatoms. The van der Waals surface area contributed by atoms with Crippen LogP contribution < -0.4 is 19.5 Å². The van der Waals surface area contributed by atoms with Gasteiger partial charge in [0, 0.05) is 6.54 Å². The Morgan fingerprint density at radius 2 is 1.72 bits per heavy atom. The molecule has 3 aromatic rings. The van der Waals surface area contributed by atoms with Crippen molar-refractivity contribution < 1.29 is 22.7 Å². The number of hydrogen-bond acceptors (Lipinski definition) is 6. The number of carbonyl (C=O) groups excluding carboxylic acids is 1. The molecule has 1 unspecified atom stereocenters. The third-order valence-electron chi connectivity index (χ3n) is 4.82. The molecule has 0 aliphatic heterocycles. The molecule has 0 spiro atoms. The highest BCUT2D eigenvalue weighted by Gasteiger charge is 2.26. The number of ether oxygens (including phenoxy) is 2. The van der Waals surface area contributed by atoms with Crippen LogP contribution in [0.4, 0.5) is 0 Å². The Morgan fingerprint density at radius 1 is 0.969 bits per heavy atom. The molecule has 1 aromatic heterocycles. The third kappa shape index (κ3) is 6.32. The highest BCUT2D eigenvalue weighted by Crippen LogP contribution is 2.27. The molecular weight excluding hydrogens is 448 g/mol. The summed E-state index contributed by atoms with van der Waals surface area (Å²) in [5.41, 5.74) is 1.82. The van der Waals surface area contributed by atoms with E-state index in [1.54, 1.807) is 25.7 Å². The lowest BCUT2D eigenvalue weighted by Crippen LogP contribution is -2.48. The van der Waals surface area contributed by atoms with Crippen LogP contribution >= 0.6 is 11.3 Å². The van der Waals surface area contributed by atoms with Crippen LogP contribution in [0.15, 0.2) is 70.3 Å². The number of hydrogen-bond donors (Lipinski definition) is 2. The molecule has 0 aliphatic rings. The van der Waals surface area contributed by atoms with Gasteiger partial charge in [-0.25, -0.2) is 8.42 Å². The maximum atomic E-state index is 12.9. The first-order valence-electron chi connectivity index (χ1n) is 10.0. The number of nitrogens with one attached hydrogen (secondary N) is 2. The Labute approximate surface area is 192 Å². The quantitative estimate of drug-likeness (QED) is 0.446. The molecule has 0 fully saturated rings. The van der Waals surface area contributed by atoms with E-state index >= 15 is 0 Å². The maximum absolute atomic E-state index is 12.9. The summed E-state index contributed by atoms with van der Waals surface area (Å²) in [6.07, 6.45) is 0.801. The zero-order chi connectivity index (χ0) is 23.0. The summed E-state index contributed by atoms with van der Waals surface area (Å²) in [5.74, 6) is 0.864. The molecule has 0 bridgehead atoms. The van der Waals surface area contributed by atoms with Gasteiger partial charge < -0.3 is 14.8 Å². The van der Waals surface area contributed by atoms with Gasteiger partial charge in [-0.2, -0.15) is 4.72 Å². The van der Waals surface area contributed by atoms with E-state index in [-0.39, 0.29) is 16.5 Å². The summed E-state index contributed by atoms with van der Waals surface area (Å²) in [6, 6.07) is 17.1. The Hall–Kier alpha value is -2.88. The molecule has 0 saturated carbocycles. The highest BCUT2D eigenvalue weighted by molar-refractivity contribution is 7.91. The topological polar surface area (TPSA) is 93.7 Å². The van der Waals surface area contributed by atoms with Crippen molar-refractivity contribution in [2.45, 2.75) is 23.1 Å². The van der Waals surface area contributed by atoms with Crippen LogP contribution in [0, 0.1) is 0 Å². The Bertz CT molecular complexity index is 1120. The highest BCUT2D eigenvalue weighted by atomic mass is 32.2. The van der Waals surface area contributed by atoms with Gasteiger partial charge in [-0.05, 0) is 47.5 Å². The van der Waals surface area contributed by atoms with Crippen LogP contribution in [0.2, 0.25) is 0 Å². The number of benzene rings is 2. The second kappa shape index (κ2) is 11.1. The Kier molecular flexibility index (Phi) is 8.26. The minimum absolute atomic E-state index is 0.175. The van der Waals surface area contributed by atoms with Gasteiger partial charge >= 0.3 is 0 Å². The molecule has 1 amide bonds. The van der Waals surface area contributed by atoms with Gasteiger partial charge in [0.1, 0.15) is 10.3 Å². The van der Waals surface area contributed by atoms with Gasteiger partial charge in [-0.15, -0.1) is 11.3 Å². The van der Waals surface area contributed by atoms with E-state index in [4.69, 9.17) is 9.47 Å². The van der Waals surface area contributed by atoms with Crippen LogP contribution in [-0.2, 0) is 27.7 Å². The van der Waals surface area contributed by atoms with Crippen molar-refractivity contribution in [3.63, 3.8) is 0 Å². The third-order valence-corrected chi connectivity index (χ3v) is 7.69. The van der Waals surface area contributed by atoms with Gasteiger partial charge in [-0.3, -0.25) is 4.79 Å². The van der Waals surface area contributed by atoms with Crippen molar-refractivity contribution in [1.29, 1.82) is 0 Å². The zero-order valence-electron chi connectivity index (χ0n) is 17.9. The predicted octanol–water partition coefficient (Wildman–Crippen LogP) is 3.01. The lowest BCUT2D eigenvalue weighted by molar-refractivity contribution is -0.122. The van der Waals surface area contributed by atoms with E-state index in [9.17, 15) is 13.2 Å². The fourth-order valence-electron chi connectivity index (χ4n) is 3.19. The molecule has 0 saturated heterocycles. The molecule has 2 aromatic carbocycles. The molecule has 1 atom stereocenters. The van der Waals surface area contributed by atoms with E-state index in [2.05, 4.69) is 10.0 Å². The van der Waals surface area contributed by atoms with Crippen LogP contribution in [0.5, 0.6) is 11.5 Å². The van der Waals surface area contributed by atoms with E-state index in [0.717, 1.165) is 22.5 Å². The number of amides is 1. The summed E-state index contributed by atoms with van der Waals surface area (Å²) in [7, 11) is -0.660. The van der Waals surface area contributed by atoms with Crippen LogP contribution in [0.1, 0.15) is 11.1 Å². The van der Waals surface area contributed by atoms with Crippen molar-refractivity contribution in [1.82, 2.24) is 10.0 Å². The van der Waals surface area contributed by atoms with Crippen molar-refractivity contribution in [3.05, 3.63) is 77.2 Å². The molecule has 0 radical (unpaired) electrons. The molecule has 0 aliphatic carbocycles. The second-order valence-corrected chi connectivity index (χ2v) is 9.91. The summed E-state index contributed by atoms with van der Waals surface area (Å²) < 4.78 is 38.7. The maximum Gasteiger partial charge on any atom is 0.250 e. The van der Waals surface area contributed by atoms with Gasteiger partial charge in [0.05, 0.1) is 14.2 Å². The summed E-state index contributed by atoms with van der Waals surface area (Å²) in [4.78, 5) is 12.9. The molecule has 170 valence electrons. The van der Waals surface area contributed by atoms with E-state index in [1.807, 2.05) is 48.5 Å². The number of carbonyl (C=O) groups is 1. The normalized spacial score (nSPS) is 12.2. The lowest BCUT2D eigenvalue weighted by Gasteiger charge is -2.18. The van der Waals surface area contributed by atoms with Gasteiger partial charge in [0.25, 0.3) is 10.0 Å². The first-order chi connectivity index (χ1) is 15.4. The van der Waals surface area contributed by atoms with E-state index in [1.165, 1.54) is 6.07 Å². The van der Waals surface area contributed by atoms with Gasteiger partial charge in [-0.1, -0.05) is 42.5 Å². The Morgan fingerprint density at radius 3 is 2.38 bits per heavy atom. The number of sulfonamides is 1. The Balaban J connectivity index is 1.68. The minimum atomic E-state index is -3.80. The molecular formula is C23H26N2O5S2. The number of thiophene rings is 1. The monoisotopic (exact) mass is 474 g/mol. The van der Waals surface area contributed by atoms with Crippen LogP contribution in [0.25, 0.3) is 0 Å². The molecule has 2 N–H and O–H groups in total. The molecule has 1 heterocycles.